The average Bonchev–Trinajstić information content (AvgIpc) is 2.93. The van der Waals surface area contributed by atoms with Gasteiger partial charge in [-0.25, -0.2) is 0 Å². The fraction of sp³-hybridized carbons (Fsp3) is 0.971. The van der Waals surface area contributed by atoms with Gasteiger partial charge in [0.15, 0.2) is 6.29 Å². The van der Waals surface area contributed by atoms with E-state index in [1.165, 1.54) is 122 Å². The minimum absolute atomic E-state index is 0.108. The van der Waals surface area contributed by atoms with Crippen LogP contribution in [0.2, 0.25) is 0 Å². The molecule has 0 bridgehead atoms. The summed E-state index contributed by atoms with van der Waals surface area (Å²) in [6, 6.07) is 0. The van der Waals surface area contributed by atoms with E-state index in [9.17, 15) is 4.79 Å². The van der Waals surface area contributed by atoms with Gasteiger partial charge < -0.3 is 14.2 Å². The first-order valence-electron chi connectivity index (χ1n) is 17.5. The number of rotatable bonds is 31. The molecule has 0 aliphatic carbocycles. The number of unbranched alkanes of at least 4 members (excludes halogenated alkanes) is 12. The van der Waals surface area contributed by atoms with Gasteiger partial charge in [-0.05, 0) is 43.9 Å². The third kappa shape index (κ3) is 26.1. The zero-order valence-corrected chi connectivity index (χ0v) is 27.2. The van der Waals surface area contributed by atoms with Crippen LogP contribution in [0.1, 0.15) is 182 Å². The van der Waals surface area contributed by atoms with Gasteiger partial charge in [0.1, 0.15) is 0 Å². The van der Waals surface area contributed by atoms with Crippen molar-refractivity contribution in [2.24, 2.45) is 11.8 Å². The van der Waals surface area contributed by atoms with E-state index >= 15 is 0 Å². The minimum Gasteiger partial charge on any atom is -0.466 e. The second-order valence-electron chi connectivity index (χ2n) is 12.0. The predicted octanol–water partition coefficient (Wildman–Crippen LogP) is 11.2. The van der Waals surface area contributed by atoms with Gasteiger partial charge >= 0.3 is 5.97 Å². The van der Waals surface area contributed by atoms with Gasteiger partial charge in [0.2, 0.25) is 0 Å². The van der Waals surface area contributed by atoms with E-state index in [2.05, 4.69) is 34.6 Å². The van der Waals surface area contributed by atoms with Gasteiger partial charge in [0.25, 0.3) is 0 Å². The molecule has 0 saturated carbocycles. The zero-order valence-electron chi connectivity index (χ0n) is 27.2. The van der Waals surface area contributed by atoms with Crippen molar-refractivity contribution >= 4 is 5.97 Å². The molecule has 0 atom stereocenters. The highest BCUT2D eigenvalue weighted by molar-refractivity contribution is 5.69. The Hall–Kier alpha value is -0.610. The summed E-state index contributed by atoms with van der Waals surface area (Å²) < 4.78 is 18.1. The van der Waals surface area contributed by atoms with Gasteiger partial charge in [-0.2, -0.15) is 0 Å². The topological polar surface area (TPSA) is 44.8 Å². The fourth-order valence-electron chi connectivity index (χ4n) is 5.57. The lowest BCUT2D eigenvalue weighted by Gasteiger charge is -2.24. The highest BCUT2D eigenvalue weighted by atomic mass is 16.7. The Balaban J connectivity index is 4.13. The molecule has 0 aliphatic heterocycles. The molecule has 0 saturated heterocycles. The second-order valence-corrected chi connectivity index (χ2v) is 12.0. The largest absolute Gasteiger partial charge is 0.466 e. The average molecular weight is 555 g/mol. The molecule has 0 unspecified atom stereocenters. The standard InChI is InChI=1S/C35H70O4/c1-6-11-12-13-14-15-16-17-18-19-20-21-22-29-37-34(36)27-28-35(38-30-32(23-7-2)24-8-3)39-31-33(25-9-4)26-10-5/h32-33,35H,6-31H2,1-5H3. The van der Waals surface area contributed by atoms with E-state index in [1.807, 2.05) is 0 Å². The van der Waals surface area contributed by atoms with Crippen LogP contribution in [0.4, 0.5) is 0 Å². The van der Waals surface area contributed by atoms with E-state index in [1.54, 1.807) is 0 Å². The molecule has 4 nitrogen and oxygen atoms in total. The predicted molar refractivity (Wildman–Crippen MR) is 168 cm³/mol. The van der Waals surface area contributed by atoms with Crippen LogP contribution in [0.15, 0.2) is 0 Å². The molecule has 0 radical (unpaired) electrons. The van der Waals surface area contributed by atoms with Crippen LogP contribution in [-0.2, 0) is 19.0 Å². The number of hydrogen-bond acceptors (Lipinski definition) is 4. The lowest BCUT2D eigenvalue weighted by atomic mass is 9.99. The first kappa shape index (κ1) is 38.4. The molecule has 0 fully saturated rings. The third-order valence-corrected chi connectivity index (χ3v) is 7.92. The van der Waals surface area contributed by atoms with Crippen molar-refractivity contribution in [3.05, 3.63) is 0 Å². The Kier molecular flexibility index (Phi) is 29.9. The quantitative estimate of drug-likeness (QED) is 0.0485. The Morgan fingerprint density at radius 2 is 0.872 bits per heavy atom. The molecule has 4 heteroatoms. The molecule has 0 aliphatic rings. The van der Waals surface area contributed by atoms with Gasteiger partial charge in [-0.3, -0.25) is 4.79 Å². The molecule has 0 spiro atoms. The molecule has 0 aromatic heterocycles. The summed E-state index contributed by atoms with van der Waals surface area (Å²) in [5, 5.41) is 0. The van der Waals surface area contributed by atoms with E-state index in [4.69, 9.17) is 14.2 Å². The van der Waals surface area contributed by atoms with Gasteiger partial charge in [0.05, 0.1) is 26.2 Å². The van der Waals surface area contributed by atoms with Crippen LogP contribution in [0.25, 0.3) is 0 Å². The van der Waals surface area contributed by atoms with Crippen LogP contribution in [-0.4, -0.2) is 32.1 Å². The summed E-state index contributed by atoms with van der Waals surface area (Å²) in [5.41, 5.74) is 0. The summed E-state index contributed by atoms with van der Waals surface area (Å²) in [4.78, 5) is 12.4. The maximum Gasteiger partial charge on any atom is 0.305 e. The van der Waals surface area contributed by atoms with E-state index in [-0.39, 0.29) is 12.3 Å². The summed E-state index contributed by atoms with van der Waals surface area (Å²) in [6.45, 7) is 13.2. The van der Waals surface area contributed by atoms with Crippen molar-refractivity contribution in [2.45, 2.75) is 189 Å². The molecule has 0 N–H and O–H groups in total. The molecule has 0 aromatic rings. The van der Waals surface area contributed by atoms with Crippen LogP contribution in [0.3, 0.4) is 0 Å². The van der Waals surface area contributed by atoms with Crippen LogP contribution < -0.4 is 0 Å². The number of carbonyl (C=O) groups excluding carboxylic acids is 1. The monoisotopic (exact) mass is 555 g/mol. The van der Waals surface area contributed by atoms with Crippen LogP contribution in [0, 0.1) is 11.8 Å². The second kappa shape index (κ2) is 30.4. The lowest BCUT2D eigenvalue weighted by molar-refractivity contribution is -0.168. The Labute approximate surface area is 245 Å². The van der Waals surface area contributed by atoms with Gasteiger partial charge in [-0.15, -0.1) is 0 Å². The molecular formula is C35H70O4. The number of carbonyl (C=O) groups is 1. The van der Waals surface area contributed by atoms with Crippen molar-refractivity contribution in [3.63, 3.8) is 0 Å². The van der Waals surface area contributed by atoms with Crippen molar-refractivity contribution in [3.8, 4) is 0 Å². The smallest absolute Gasteiger partial charge is 0.305 e. The zero-order chi connectivity index (χ0) is 28.8. The van der Waals surface area contributed by atoms with Gasteiger partial charge in [0, 0.05) is 6.42 Å². The Bertz CT molecular complexity index is 463. The normalized spacial score (nSPS) is 11.8. The lowest BCUT2D eigenvalue weighted by Crippen LogP contribution is -2.25. The molecule has 0 aromatic carbocycles. The first-order chi connectivity index (χ1) is 19.1. The maximum absolute atomic E-state index is 12.4. The van der Waals surface area contributed by atoms with E-state index in [0.717, 1.165) is 26.1 Å². The van der Waals surface area contributed by atoms with Crippen molar-refractivity contribution in [1.82, 2.24) is 0 Å². The SMILES string of the molecule is CCCCCCCCCCCCCCCOC(=O)CCC(OCC(CCC)CCC)OCC(CCC)CCC. The fourth-order valence-corrected chi connectivity index (χ4v) is 5.57. The molecule has 234 valence electrons. The Morgan fingerprint density at radius 3 is 1.26 bits per heavy atom. The molecule has 0 amide bonds. The van der Waals surface area contributed by atoms with Crippen LogP contribution >= 0.6 is 0 Å². The molecular weight excluding hydrogens is 484 g/mol. The summed E-state index contributed by atoms with van der Waals surface area (Å²) in [6.07, 6.45) is 27.4. The number of esters is 1. The Morgan fingerprint density at radius 1 is 0.487 bits per heavy atom. The number of hydrogen-bond donors (Lipinski definition) is 0. The van der Waals surface area contributed by atoms with E-state index < -0.39 is 0 Å². The summed E-state index contributed by atoms with van der Waals surface area (Å²) in [7, 11) is 0. The van der Waals surface area contributed by atoms with Crippen molar-refractivity contribution in [1.29, 1.82) is 0 Å². The maximum atomic E-state index is 12.4. The van der Waals surface area contributed by atoms with E-state index in [0.29, 0.717) is 31.3 Å². The highest BCUT2D eigenvalue weighted by Gasteiger charge is 2.18. The van der Waals surface area contributed by atoms with Crippen LogP contribution in [0.5, 0.6) is 0 Å². The van der Waals surface area contributed by atoms with Gasteiger partial charge in [-0.1, -0.05) is 137 Å². The summed E-state index contributed by atoms with van der Waals surface area (Å²) >= 11 is 0. The molecule has 39 heavy (non-hydrogen) atoms. The van der Waals surface area contributed by atoms with Crippen molar-refractivity contribution < 1.29 is 19.0 Å². The minimum atomic E-state index is -0.304. The molecule has 0 heterocycles. The highest BCUT2D eigenvalue weighted by Crippen LogP contribution is 2.20. The van der Waals surface area contributed by atoms with Crippen molar-refractivity contribution in [2.75, 3.05) is 19.8 Å². The molecule has 0 rings (SSSR count). The summed E-state index contributed by atoms with van der Waals surface area (Å²) in [5.74, 6) is 1.05. The first-order valence-corrected chi connectivity index (χ1v) is 17.5. The number of ether oxygens (including phenoxy) is 3. The third-order valence-electron chi connectivity index (χ3n) is 7.92.